The van der Waals surface area contributed by atoms with E-state index in [2.05, 4.69) is 5.32 Å². The predicted octanol–water partition coefficient (Wildman–Crippen LogP) is 4.36. The third-order valence-corrected chi connectivity index (χ3v) is 3.79. The van der Waals surface area contributed by atoms with E-state index < -0.39 is 10.7 Å². The Labute approximate surface area is 114 Å². The Hall–Kier alpha value is -1.95. The van der Waals surface area contributed by atoms with Crippen LogP contribution in [0.3, 0.4) is 0 Å². The van der Waals surface area contributed by atoms with Crippen LogP contribution in [0.5, 0.6) is 0 Å². The SMILES string of the molecule is CCC(Nc1c(F)cccc1[N+](=O)[O-])c1cccs1. The molecule has 1 aromatic heterocycles. The van der Waals surface area contributed by atoms with E-state index in [-0.39, 0.29) is 17.4 Å². The Balaban J connectivity index is 2.34. The summed E-state index contributed by atoms with van der Waals surface area (Å²) in [4.78, 5) is 11.4. The molecule has 2 aromatic rings. The number of rotatable bonds is 5. The monoisotopic (exact) mass is 280 g/mol. The molecule has 0 spiro atoms. The van der Waals surface area contributed by atoms with Crippen LogP contribution in [0.25, 0.3) is 0 Å². The Kier molecular flexibility index (Phi) is 4.11. The number of hydrogen-bond acceptors (Lipinski definition) is 4. The lowest BCUT2D eigenvalue weighted by Crippen LogP contribution is -2.11. The summed E-state index contributed by atoms with van der Waals surface area (Å²) < 4.78 is 13.8. The van der Waals surface area contributed by atoms with Crippen molar-refractivity contribution in [1.29, 1.82) is 0 Å². The van der Waals surface area contributed by atoms with Gasteiger partial charge >= 0.3 is 0 Å². The molecule has 0 aliphatic carbocycles. The van der Waals surface area contributed by atoms with Crippen LogP contribution >= 0.6 is 11.3 Å². The minimum atomic E-state index is -0.607. The highest BCUT2D eigenvalue weighted by molar-refractivity contribution is 7.10. The van der Waals surface area contributed by atoms with Crippen LogP contribution in [-0.2, 0) is 0 Å². The number of para-hydroxylation sites is 1. The lowest BCUT2D eigenvalue weighted by Gasteiger charge is -2.17. The van der Waals surface area contributed by atoms with Crippen LogP contribution in [0, 0.1) is 15.9 Å². The largest absolute Gasteiger partial charge is 0.369 e. The predicted molar refractivity (Wildman–Crippen MR) is 74.0 cm³/mol. The van der Waals surface area contributed by atoms with Crippen molar-refractivity contribution in [3.63, 3.8) is 0 Å². The van der Waals surface area contributed by atoms with Gasteiger partial charge in [0.2, 0.25) is 0 Å². The van der Waals surface area contributed by atoms with Gasteiger partial charge in [0, 0.05) is 10.9 Å². The van der Waals surface area contributed by atoms with Gasteiger partial charge in [-0.25, -0.2) is 4.39 Å². The zero-order valence-corrected chi connectivity index (χ0v) is 11.1. The van der Waals surface area contributed by atoms with Crippen LogP contribution < -0.4 is 5.32 Å². The van der Waals surface area contributed by atoms with Crippen molar-refractivity contribution >= 4 is 22.7 Å². The number of anilines is 1. The second-order valence-electron chi connectivity index (χ2n) is 4.01. The molecular weight excluding hydrogens is 267 g/mol. The van der Waals surface area contributed by atoms with E-state index in [0.29, 0.717) is 6.42 Å². The summed E-state index contributed by atoms with van der Waals surface area (Å²) in [6, 6.07) is 7.56. The molecule has 6 heteroatoms. The minimum Gasteiger partial charge on any atom is -0.369 e. The average Bonchev–Trinajstić information content (AvgIpc) is 2.90. The molecule has 0 aliphatic heterocycles. The van der Waals surface area contributed by atoms with E-state index >= 15 is 0 Å². The third kappa shape index (κ3) is 2.90. The van der Waals surface area contributed by atoms with Gasteiger partial charge in [0.25, 0.3) is 5.69 Å². The van der Waals surface area contributed by atoms with E-state index in [4.69, 9.17) is 0 Å². The highest BCUT2D eigenvalue weighted by atomic mass is 32.1. The first-order valence-corrected chi connectivity index (χ1v) is 6.74. The van der Waals surface area contributed by atoms with Crippen molar-refractivity contribution in [3.05, 3.63) is 56.5 Å². The van der Waals surface area contributed by atoms with E-state index in [0.717, 1.165) is 4.88 Å². The smallest absolute Gasteiger partial charge is 0.295 e. The Morgan fingerprint density at radius 1 is 1.42 bits per heavy atom. The molecule has 0 aliphatic rings. The standard InChI is InChI=1S/C13H13FN2O2S/c1-2-10(12-7-4-8-19-12)15-13-9(14)5-3-6-11(13)16(17)18/h3-8,10,15H,2H2,1H3. The zero-order valence-electron chi connectivity index (χ0n) is 10.3. The van der Waals surface area contributed by atoms with Crippen molar-refractivity contribution in [2.45, 2.75) is 19.4 Å². The number of nitrogens with zero attached hydrogens (tertiary/aromatic N) is 1. The van der Waals surface area contributed by atoms with Gasteiger partial charge in [0.1, 0.15) is 5.69 Å². The summed E-state index contributed by atoms with van der Waals surface area (Å²) >= 11 is 1.54. The molecule has 19 heavy (non-hydrogen) atoms. The van der Waals surface area contributed by atoms with Gasteiger partial charge in [-0.05, 0) is 23.9 Å². The van der Waals surface area contributed by atoms with Crippen LogP contribution in [0.2, 0.25) is 0 Å². The van der Waals surface area contributed by atoms with Gasteiger partial charge in [-0.3, -0.25) is 10.1 Å². The summed E-state index contributed by atoms with van der Waals surface area (Å²) in [6.45, 7) is 1.95. The number of thiophene rings is 1. The topological polar surface area (TPSA) is 55.2 Å². The van der Waals surface area contributed by atoms with Gasteiger partial charge in [-0.2, -0.15) is 0 Å². The maximum atomic E-state index is 13.8. The molecule has 0 amide bonds. The quantitative estimate of drug-likeness (QED) is 0.654. The first-order chi connectivity index (χ1) is 9.13. The minimum absolute atomic E-state index is 0.0484. The molecule has 1 atom stereocenters. The molecule has 1 heterocycles. The number of nitro groups is 1. The molecule has 1 aromatic carbocycles. The number of hydrogen-bond donors (Lipinski definition) is 1. The molecule has 100 valence electrons. The molecular formula is C13H13FN2O2S. The third-order valence-electron chi connectivity index (χ3n) is 2.80. The first kappa shape index (κ1) is 13.5. The van der Waals surface area contributed by atoms with Crippen LogP contribution in [0.1, 0.15) is 24.3 Å². The molecule has 0 fully saturated rings. The number of benzene rings is 1. The van der Waals surface area contributed by atoms with Crippen molar-refractivity contribution in [3.8, 4) is 0 Å². The van der Waals surface area contributed by atoms with E-state index in [1.54, 1.807) is 11.3 Å². The van der Waals surface area contributed by atoms with Crippen molar-refractivity contribution in [2.75, 3.05) is 5.32 Å². The fraction of sp³-hybridized carbons (Fsp3) is 0.231. The zero-order chi connectivity index (χ0) is 13.8. The highest BCUT2D eigenvalue weighted by Crippen LogP contribution is 2.33. The van der Waals surface area contributed by atoms with Crippen LogP contribution in [-0.4, -0.2) is 4.92 Å². The van der Waals surface area contributed by atoms with Gasteiger partial charge in [0.05, 0.1) is 11.0 Å². The summed E-state index contributed by atoms with van der Waals surface area (Å²) in [7, 11) is 0. The highest BCUT2D eigenvalue weighted by Gasteiger charge is 2.21. The fourth-order valence-corrected chi connectivity index (χ4v) is 2.71. The summed E-state index contributed by atoms with van der Waals surface area (Å²) in [5.41, 5.74) is -0.289. The average molecular weight is 280 g/mol. The molecule has 1 N–H and O–H groups in total. The molecule has 0 saturated heterocycles. The fourth-order valence-electron chi connectivity index (χ4n) is 1.85. The number of halogens is 1. The second kappa shape index (κ2) is 5.79. The normalized spacial score (nSPS) is 12.1. The van der Waals surface area contributed by atoms with Gasteiger partial charge in [0.15, 0.2) is 5.82 Å². The lowest BCUT2D eigenvalue weighted by molar-refractivity contribution is -0.384. The molecule has 0 bridgehead atoms. The second-order valence-corrected chi connectivity index (χ2v) is 4.99. The van der Waals surface area contributed by atoms with Crippen LogP contribution in [0.4, 0.5) is 15.8 Å². The molecule has 2 rings (SSSR count). The van der Waals surface area contributed by atoms with Crippen molar-refractivity contribution < 1.29 is 9.31 Å². The Bertz CT molecular complexity index is 572. The van der Waals surface area contributed by atoms with E-state index in [1.165, 1.54) is 18.2 Å². The maximum absolute atomic E-state index is 13.8. The molecule has 0 radical (unpaired) electrons. The van der Waals surface area contributed by atoms with Gasteiger partial charge < -0.3 is 5.32 Å². The Morgan fingerprint density at radius 2 is 2.21 bits per heavy atom. The first-order valence-electron chi connectivity index (χ1n) is 5.86. The molecule has 0 saturated carbocycles. The molecule has 1 unspecified atom stereocenters. The number of nitrogens with one attached hydrogen (secondary N) is 1. The van der Waals surface area contributed by atoms with Gasteiger partial charge in [-0.1, -0.05) is 19.1 Å². The van der Waals surface area contributed by atoms with Gasteiger partial charge in [-0.15, -0.1) is 11.3 Å². The summed E-state index contributed by atoms with van der Waals surface area (Å²) in [6.07, 6.45) is 0.714. The lowest BCUT2D eigenvalue weighted by atomic mass is 10.1. The van der Waals surface area contributed by atoms with E-state index in [9.17, 15) is 14.5 Å². The number of nitro benzene ring substituents is 1. The summed E-state index contributed by atoms with van der Waals surface area (Å²) in [5.74, 6) is -0.607. The summed E-state index contributed by atoms with van der Waals surface area (Å²) in [5, 5.41) is 15.8. The van der Waals surface area contributed by atoms with E-state index in [1.807, 2.05) is 24.4 Å². The Morgan fingerprint density at radius 3 is 2.79 bits per heavy atom. The molecule has 4 nitrogen and oxygen atoms in total. The maximum Gasteiger partial charge on any atom is 0.295 e. The van der Waals surface area contributed by atoms with Crippen molar-refractivity contribution in [1.82, 2.24) is 0 Å². The van der Waals surface area contributed by atoms with Crippen molar-refractivity contribution in [2.24, 2.45) is 0 Å². The van der Waals surface area contributed by atoms with Crippen LogP contribution in [0.15, 0.2) is 35.7 Å².